The number of likely N-dealkylation sites (tertiary alicyclic amines) is 1. The summed E-state index contributed by atoms with van der Waals surface area (Å²) in [7, 11) is -2.64. The molecule has 2 fully saturated rings. The second kappa shape index (κ2) is 15.0. The van der Waals surface area contributed by atoms with Crippen LogP contribution in [0.25, 0.3) is 0 Å². The molecular weight excluding hydrogens is 604 g/mol. The lowest BCUT2D eigenvalue weighted by atomic mass is 9.95. The van der Waals surface area contributed by atoms with Crippen LogP contribution in [-0.2, 0) is 42.1 Å². The van der Waals surface area contributed by atoms with Gasteiger partial charge in [-0.2, -0.15) is 4.31 Å². The third kappa shape index (κ3) is 8.20. The lowest BCUT2D eigenvalue weighted by molar-refractivity contribution is -0.145. The lowest BCUT2D eigenvalue weighted by Gasteiger charge is -2.31. The minimum Gasteiger partial charge on any atom is -0.467 e. The zero-order chi connectivity index (χ0) is 32.7. The molecule has 3 aromatic rings. The number of hydrogen-bond acceptors (Lipinski definition) is 7. The number of aryl methyl sites for hydroxylation is 1. The summed E-state index contributed by atoms with van der Waals surface area (Å²) in [6, 6.07) is 22.1. The van der Waals surface area contributed by atoms with Crippen molar-refractivity contribution >= 4 is 33.5 Å². The average molecular weight is 647 g/mol. The van der Waals surface area contributed by atoms with Crippen molar-refractivity contribution in [3.63, 3.8) is 0 Å². The van der Waals surface area contributed by atoms with E-state index in [0.717, 1.165) is 43.6 Å². The van der Waals surface area contributed by atoms with Crippen molar-refractivity contribution in [2.45, 2.75) is 62.6 Å². The van der Waals surface area contributed by atoms with Crippen LogP contribution in [-0.4, -0.2) is 74.2 Å². The molecule has 2 N–H and O–H groups in total. The predicted octanol–water partition coefficient (Wildman–Crippen LogP) is 3.90. The van der Waals surface area contributed by atoms with Gasteiger partial charge in [-0.3, -0.25) is 14.5 Å². The molecule has 2 heterocycles. The van der Waals surface area contributed by atoms with Crippen LogP contribution in [0.3, 0.4) is 0 Å². The van der Waals surface area contributed by atoms with Gasteiger partial charge >= 0.3 is 5.97 Å². The van der Waals surface area contributed by atoms with Gasteiger partial charge in [-0.25, -0.2) is 13.2 Å². The second-order valence-corrected chi connectivity index (χ2v) is 14.0. The Labute approximate surface area is 271 Å². The van der Waals surface area contributed by atoms with Crippen LogP contribution >= 0.6 is 0 Å². The fraction of sp³-hybridized carbons (Fsp3) is 0.400. The number of rotatable bonds is 11. The number of anilines is 1. The van der Waals surface area contributed by atoms with E-state index in [9.17, 15) is 22.8 Å². The number of amides is 2. The standard InChI is InChI=1S/C35H42N4O6S/c1-25-10-16-30(17-11-25)46(43,44)39-20-6-9-32(39)34(41)37-31(35(42)45-2)23-26-12-14-29(15-13-26)36-33(40)28-18-21-38(22-19-28)24-27-7-4-3-5-8-27/h3-5,7-8,10-17,28,31-32H,6,9,18-24H2,1-2H3,(H,36,40)(H,37,41)/t31-,32-/m0/s1. The fourth-order valence-electron chi connectivity index (χ4n) is 6.14. The van der Waals surface area contributed by atoms with E-state index in [-0.39, 0.29) is 29.7 Å². The van der Waals surface area contributed by atoms with Crippen molar-refractivity contribution in [2.75, 3.05) is 32.1 Å². The average Bonchev–Trinajstić information content (AvgIpc) is 3.57. The van der Waals surface area contributed by atoms with Crippen molar-refractivity contribution < 1.29 is 27.5 Å². The Morgan fingerprint density at radius 3 is 2.17 bits per heavy atom. The molecule has 0 bridgehead atoms. The van der Waals surface area contributed by atoms with E-state index in [0.29, 0.717) is 18.5 Å². The molecule has 11 heteroatoms. The van der Waals surface area contributed by atoms with E-state index in [1.807, 2.05) is 25.1 Å². The third-order valence-electron chi connectivity index (χ3n) is 8.80. The highest BCUT2D eigenvalue weighted by molar-refractivity contribution is 7.89. The number of esters is 1. The van der Waals surface area contributed by atoms with E-state index in [4.69, 9.17) is 4.74 Å². The number of piperidine rings is 1. The quantitative estimate of drug-likeness (QED) is 0.303. The molecule has 0 aliphatic carbocycles. The van der Waals surface area contributed by atoms with Crippen LogP contribution in [0.15, 0.2) is 83.8 Å². The SMILES string of the molecule is COC(=O)[C@H](Cc1ccc(NC(=O)C2CCN(Cc3ccccc3)CC2)cc1)NC(=O)[C@@H]1CCCN1S(=O)(=O)c1ccc(C)cc1. The molecule has 2 aliphatic heterocycles. The second-order valence-electron chi connectivity index (χ2n) is 12.1. The van der Waals surface area contributed by atoms with Crippen molar-refractivity contribution in [1.82, 2.24) is 14.5 Å². The molecule has 10 nitrogen and oxygen atoms in total. The maximum absolute atomic E-state index is 13.4. The van der Waals surface area contributed by atoms with Crippen LogP contribution in [0.4, 0.5) is 5.69 Å². The van der Waals surface area contributed by atoms with E-state index in [1.54, 1.807) is 36.4 Å². The van der Waals surface area contributed by atoms with Gasteiger partial charge in [-0.1, -0.05) is 60.2 Å². The summed E-state index contributed by atoms with van der Waals surface area (Å²) in [6.07, 6.45) is 2.62. The van der Waals surface area contributed by atoms with Gasteiger partial charge in [0.05, 0.1) is 12.0 Å². The predicted molar refractivity (Wildman–Crippen MR) is 175 cm³/mol. The maximum Gasteiger partial charge on any atom is 0.328 e. The fourth-order valence-corrected chi connectivity index (χ4v) is 7.79. The van der Waals surface area contributed by atoms with Gasteiger partial charge in [0.15, 0.2) is 0 Å². The van der Waals surface area contributed by atoms with Crippen molar-refractivity contribution in [3.8, 4) is 0 Å². The molecule has 46 heavy (non-hydrogen) atoms. The Bertz CT molecular complexity index is 1600. The first-order chi connectivity index (χ1) is 22.1. The Hall–Kier alpha value is -4.06. The molecule has 0 spiro atoms. The summed E-state index contributed by atoms with van der Waals surface area (Å²) in [4.78, 5) is 41.5. The highest BCUT2D eigenvalue weighted by atomic mass is 32.2. The summed E-state index contributed by atoms with van der Waals surface area (Å²) >= 11 is 0. The molecule has 2 aliphatic rings. The van der Waals surface area contributed by atoms with Gasteiger partial charge < -0.3 is 15.4 Å². The molecule has 2 amide bonds. The van der Waals surface area contributed by atoms with E-state index in [2.05, 4.69) is 27.7 Å². The molecule has 2 atom stereocenters. The zero-order valence-electron chi connectivity index (χ0n) is 26.4. The molecule has 5 rings (SSSR count). The number of ether oxygens (including phenoxy) is 1. The van der Waals surface area contributed by atoms with E-state index in [1.165, 1.54) is 29.1 Å². The smallest absolute Gasteiger partial charge is 0.328 e. The molecule has 0 saturated carbocycles. The van der Waals surface area contributed by atoms with E-state index >= 15 is 0 Å². The molecule has 244 valence electrons. The highest BCUT2D eigenvalue weighted by Gasteiger charge is 2.40. The third-order valence-corrected chi connectivity index (χ3v) is 10.7. The summed E-state index contributed by atoms with van der Waals surface area (Å²) < 4.78 is 32.9. The van der Waals surface area contributed by atoms with Crippen LogP contribution in [0.1, 0.15) is 42.4 Å². The van der Waals surface area contributed by atoms with Gasteiger partial charge in [0.2, 0.25) is 21.8 Å². The van der Waals surface area contributed by atoms with Gasteiger partial charge in [-0.05, 0) is 81.1 Å². The number of nitrogens with one attached hydrogen (secondary N) is 2. The number of benzene rings is 3. The summed E-state index contributed by atoms with van der Waals surface area (Å²) in [5, 5.41) is 5.75. The molecule has 0 aromatic heterocycles. The van der Waals surface area contributed by atoms with Gasteiger partial charge in [0.1, 0.15) is 12.1 Å². The highest BCUT2D eigenvalue weighted by Crippen LogP contribution is 2.27. The normalized spacial score (nSPS) is 18.5. The first-order valence-electron chi connectivity index (χ1n) is 15.8. The van der Waals surface area contributed by atoms with Crippen molar-refractivity contribution in [3.05, 3.63) is 95.6 Å². The van der Waals surface area contributed by atoms with Crippen LogP contribution < -0.4 is 10.6 Å². The Balaban J connectivity index is 1.15. The first-order valence-corrected chi connectivity index (χ1v) is 17.2. The minimum atomic E-state index is -3.89. The molecule has 0 unspecified atom stereocenters. The Morgan fingerprint density at radius 1 is 0.848 bits per heavy atom. The van der Waals surface area contributed by atoms with Gasteiger partial charge in [-0.15, -0.1) is 0 Å². The summed E-state index contributed by atoms with van der Waals surface area (Å²) in [5.74, 6) is -1.23. The first kappa shape index (κ1) is 33.3. The largest absolute Gasteiger partial charge is 0.467 e. The van der Waals surface area contributed by atoms with Gasteiger partial charge in [0.25, 0.3) is 0 Å². The number of sulfonamides is 1. The summed E-state index contributed by atoms with van der Waals surface area (Å²) in [5.41, 5.74) is 3.60. The number of hydrogen-bond donors (Lipinski definition) is 2. The minimum absolute atomic E-state index is 0.00600. The number of carbonyl (C=O) groups excluding carboxylic acids is 3. The van der Waals surface area contributed by atoms with Crippen molar-refractivity contribution in [1.29, 1.82) is 0 Å². The van der Waals surface area contributed by atoms with Crippen LogP contribution in [0, 0.1) is 12.8 Å². The number of nitrogens with zero attached hydrogens (tertiary/aromatic N) is 2. The van der Waals surface area contributed by atoms with Crippen LogP contribution in [0.5, 0.6) is 0 Å². The Morgan fingerprint density at radius 2 is 1.52 bits per heavy atom. The molecule has 2 saturated heterocycles. The summed E-state index contributed by atoms with van der Waals surface area (Å²) in [6.45, 7) is 4.70. The van der Waals surface area contributed by atoms with E-state index < -0.39 is 34.0 Å². The molecule has 0 radical (unpaired) electrons. The number of carbonyl (C=O) groups is 3. The molecule has 3 aromatic carbocycles. The maximum atomic E-state index is 13.4. The lowest BCUT2D eigenvalue weighted by Crippen LogP contribution is -2.51. The molecular formula is C35H42N4O6S. The van der Waals surface area contributed by atoms with Gasteiger partial charge in [0, 0.05) is 31.1 Å². The number of methoxy groups -OCH3 is 1. The monoisotopic (exact) mass is 646 g/mol. The Kier molecular flexibility index (Phi) is 10.9. The topological polar surface area (TPSA) is 125 Å². The zero-order valence-corrected chi connectivity index (χ0v) is 27.2. The van der Waals surface area contributed by atoms with Crippen molar-refractivity contribution in [2.24, 2.45) is 5.92 Å². The van der Waals surface area contributed by atoms with Crippen LogP contribution in [0.2, 0.25) is 0 Å².